The zero-order chi connectivity index (χ0) is 17.5. The van der Waals surface area contributed by atoms with Crippen molar-refractivity contribution in [2.75, 3.05) is 6.61 Å². The highest BCUT2D eigenvalue weighted by Gasteiger charge is 2.65. The van der Waals surface area contributed by atoms with Crippen molar-refractivity contribution in [3.05, 3.63) is 0 Å². The van der Waals surface area contributed by atoms with E-state index in [1.54, 1.807) is 0 Å². The molecule has 0 aromatic rings. The molecule has 2 nitrogen and oxygen atoms in total. The van der Waals surface area contributed by atoms with Gasteiger partial charge >= 0.3 is 0 Å². The van der Waals surface area contributed by atoms with Gasteiger partial charge in [0.1, 0.15) is 0 Å². The van der Waals surface area contributed by atoms with Crippen LogP contribution < -0.4 is 0 Å². The van der Waals surface area contributed by atoms with Crippen molar-refractivity contribution in [1.82, 2.24) is 0 Å². The van der Waals surface area contributed by atoms with Crippen LogP contribution in [0, 0.1) is 34.5 Å². The number of rotatable bonds is 2. The number of epoxide rings is 1. The van der Waals surface area contributed by atoms with Crippen LogP contribution in [0.2, 0.25) is 0 Å². The van der Waals surface area contributed by atoms with E-state index in [0.717, 1.165) is 49.5 Å². The first-order valence-electron chi connectivity index (χ1n) is 11.2. The van der Waals surface area contributed by atoms with Crippen LogP contribution in [0.1, 0.15) is 91.4 Å². The summed E-state index contributed by atoms with van der Waals surface area (Å²) in [5.41, 5.74) is 0.665. The minimum atomic E-state index is -0.381. The van der Waals surface area contributed by atoms with Crippen LogP contribution in [-0.4, -0.2) is 22.9 Å². The Morgan fingerprint density at radius 1 is 0.960 bits per heavy atom. The molecule has 5 fully saturated rings. The van der Waals surface area contributed by atoms with E-state index in [2.05, 4.69) is 20.8 Å². The van der Waals surface area contributed by atoms with Gasteiger partial charge in [-0.1, -0.05) is 27.2 Å². The van der Waals surface area contributed by atoms with E-state index >= 15 is 0 Å². The molecule has 142 valence electrons. The number of hydrogen-bond acceptors (Lipinski definition) is 2. The molecule has 0 bridgehead atoms. The highest BCUT2D eigenvalue weighted by Crippen LogP contribution is 2.70. The lowest BCUT2D eigenvalue weighted by molar-refractivity contribution is -0.157. The van der Waals surface area contributed by atoms with Gasteiger partial charge in [-0.05, 0) is 98.7 Å². The molecule has 25 heavy (non-hydrogen) atoms. The molecule has 4 aliphatic carbocycles. The summed E-state index contributed by atoms with van der Waals surface area (Å²) in [5.74, 6) is 3.45. The van der Waals surface area contributed by atoms with Crippen LogP contribution in [-0.2, 0) is 4.74 Å². The van der Waals surface area contributed by atoms with Gasteiger partial charge in [-0.2, -0.15) is 0 Å². The summed E-state index contributed by atoms with van der Waals surface area (Å²) in [7, 11) is 0. The van der Waals surface area contributed by atoms with Gasteiger partial charge in [0.15, 0.2) is 0 Å². The Hall–Kier alpha value is -0.0800. The first kappa shape index (κ1) is 17.0. The Labute approximate surface area is 154 Å². The van der Waals surface area contributed by atoms with Crippen LogP contribution in [0.3, 0.4) is 0 Å². The van der Waals surface area contributed by atoms with E-state index < -0.39 is 0 Å². The van der Waals surface area contributed by atoms with Gasteiger partial charge in [0.05, 0.1) is 17.8 Å². The second-order valence-corrected chi connectivity index (χ2v) is 11.1. The van der Waals surface area contributed by atoms with Gasteiger partial charge in [0, 0.05) is 0 Å². The molecule has 8 atom stereocenters. The Kier molecular flexibility index (Phi) is 3.58. The minimum absolute atomic E-state index is 0.183. The van der Waals surface area contributed by atoms with E-state index in [1.807, 2.05) is 0 Å². The third-order valence-corrected chi connectivity index (χ3v) is 10.3. The summed E-state index contributed by atoms with van der Waals surface area (Å²) < 4.78 is 5.87. The van der Waals surface area contributed by atoms with Crippen molar-refractivity contribution >= 4 is 0 Å². The number of hydrogen-bond donors (Lipinski definition) is 1. The lowest BCUT2D eigenvalue weighted by Gasteiger charge is -2.61. The molecular weight excluding hydrogens is 308 g/mol. The van der Waals surface area contributed by atoms with Crippen LogP contribution in [0.15, 0.2) is 0 Å². The Bertz CT molecular complexity index is 554. The molecule has 0 amide bonds. The molecule has 4 saturated carbocycles. The maximum absolute atomic E-state index is 11.5. The van der Waals surface area contributed by atoms with Crippen LogP contribution in [0.5, 0.6) is 0 Å². The molecule has 1 heterocycles. The van der Waals surface area contributed by atoms with Gasteiger partial charge in [-0.15, -0.1) is 0 Å². The fourth-order valence-electron chi connectivity index (χ4n) is 8.61. The summed E-state index contributed by atoms with van der Waals surface area (Å²) in [5, 5.41) is 11.5. The Balaban J connectivity index is 1.42. The molecule has 2 heteroatoms. The Morgan fingerprint density at radius 3 is 2.44 bits per heavy atom. The maximum atomic E-state index is 11.5. The van der Waals surface area contributed by atoms with Crippen molar-refractivity contribution in [2.45, 2.75) is 103 Å². The Morgan fingerprint density at radius 2 is 1.72 bits per heavy atom. The molecule has 0 radical (unpaired) electrons. The molecular formula is C23H38O2. The molecule has 0 unspecified atom stereocenters. The molecule has 5 aliphatic rings. The number of aliphatic hydroxyl groups is 1. The van der Waals surface area contributed by atoms with Gasteiger partial charge in [-0.3, -0.25) is 0 Å². The molecule has 1 spiro atoms. The minimum Gasteiger partial charge on any atom is -0.389 e. The van der Waals surface area contributed by atoms with E-state index in [9.17, 15) is 5.11 Å². The normalized spacial score (nSPS) is 60.0. The molecule has 1 saturated heterocycles. The monoisotopic (exact) mass is 346 g/mol. The average Bonchev–Trinajstić information content (AvgIpc) is 3.28. The zero-order valence-electron chi connectivity index (χ0n) is 16.7. The van der Waals surface area contributed by atoms with Crippen LogP contribution in [0.25, 0.3) is 0 Å². The lowest BCUT2D eigenvalue weighted by Crippen LogP contribution is -2.57. The molecule has 0 aromatic heterocycles. The summed E-state index contributed by atoms with van der Waals surface area (Å²) in [6, 6.07) is 0. The lowest BCUT2D eigenvalue weighted by atomic mass is 9.44. The zero-order valence-corrected chi connectivity index (χ0v) is 16.7. The first-order valence-corrected chi connectivity index (χ1v) is 11.2. The second kappa shape index (κ2) is 5.25. The maximum Gasteiger partial charge on any atom is 0.0919 e. The van der Waals surface area contributed by atoms with Crippen LogP contribution in [0.4, 0.5) is 0 Å². The number of fused-ring (bicyclic) bond motifs is 5. The predicted octanol–water partition coefficient (Wildman–Crippen LogP) is 5.33. The average molecular weight is 347 g/mol. The summed E-state index contributed by atoms with van der Waals surface area (Å²) in [6.07, 6.45) is 14.0. The first-order chi connectivity index (χ1) is 11.9. The topological polar surface area (TPSA) is 32.8 Å². The standard InChI is InChI=1S/C23H38O2/c1-4-9-23(24)11-8-19-17-6-5-16-14-22(15-25-22)13-12-20(16,2)18(17)7-10-21(19,23)3/h16-19,24H,4-15H2,1-3H3/t16-,17-,18-,19+,20-,21-,22-,23-/m0/s1. The largest absolute Gasteiger partial charge is 0.389 e. The fraction of sp³-hybridized carbons (Fsp3) is 1.00. The smallest absolute Gasteiger partial charge is 0.0919 e. The predicted molar refractivity (Wildman–Crippen MR) is 100 cm³/mol. The molecule has 5 rings (SSSR count). The van der Waals surface area contributed by atoms with E-state index in [1.165, 1.54) is 51.4 Å². The van der Waals surface area contributed by atoms with E-state index in [0.29, 0.717) is 11.0 Å². The third kappa shape index (κ3) is 2.16. The summed E-state index contributed by atoms with van der Waals surface area (Å²) in [4.78, 5) is 0. The van der Waals surface area contributed by atoms with Crippen LogP contribution >= 0.6 is 0 Å². The third-order valence-electron chi connectivity index (χ3n) is 10.3. The van der Waals surface area contributed by atoms with E-state index in [-0.39, 0.29) is 11.0 Å². The second-order valence-electron chi connectivity index (χ2n) is 11.1. The highest BCUT2D eigenvalue weighted by molar-refractivity contribution is 5.15. The fourth-order valence-corrected chi connectivity index (χ4v) is 8.61. The molecule has 1 aliphatic heterocycles. The van der Waals surface area contributed by atoms with E-state index in [4.69, 9.17) is 4.74 Å². The van der Waals surface area contributed by atoms with Crippen molar-refractivity contribution in [3.8, 4) is 0 Å². The van der Waals surface area contributed by atoms with Crippen molar-refractivity contribution < 1.29 is 9.84 Å². The quantitative estimate of drug-likeness (QED) is 0.686. The van der Waals surface area contributed by atoms with Gasteiger partial charge in [0.2, 0.25) is 0 Å². The van der Waals surface area contributed by atoms with Gasteiger partial charge < -0.3 is 9.84 Å². The van der Waals surface area contributed by atoms with Crippen molar-refractivity contribution in [3.63, 3.8) is 0 Å². The van der Waals surface area contributed by atoms with Gasteiger partial charge in [-0.25, -0.2) is 0 Å². The number of ether oxygens (including phenoxy) is 1. The summed E-state index contributed by atoms with van der Waals surface area (Å²) >= 11 is 0. The highest BCUT2D eigenvalue weighted by atomic mass is 16.6. The SMILES string of the molecule is CCC[C@]1(O)CC[C@@H]2[C@H]3CC[C@H]4C[C@@]5(CC[C@]4(C)[C@H]3CC[C@@]21C)CO5. The molecule has 0 aromatic carbocycles. The summed E-state index contributed by atoms with van der Waals surface area (Å²) in [6.45, 7) is 8.38. The molecule has 1 N–H and O–H groups in total. The van der Waals surface area contributed by atoms with Crippen molar-refractivity contribution in [1.29, 1.82) is 0 Å². The van der Waals surface area contributed by atoms with Crippen molar-refractivity contribution in [2.24, 2.45) is 34.5 Å². The van der Waals surface area contributed by atoms with Gasteiger partial charge in [0.25, 0.3) is 0 Å².